The van der Waals surface area contributed by atoms with Gasteiger partial charge in [-0.1, -0.05) is 18.6 Å². The molecule has 2 aliphatic rings. The van der Waals surface area contributed by atoms with Gasteiger partial charge in [0.05, 0.1) is 0 Å². The van der Waals surface area contributed by atoms with Crippen molar-refractivity contribution in [2.45, 2.75) is 44.9 Å². The van der Waals surface area contributed by atoms with Gasteiger partial charge in [-0.25, -0.2) is 0 Å². The Hall–Kier alpha value is -1.02. The van der Waals surface area contributed by atoms with Crippen LogP contribution in [-0.2, 0) is 12.8 Å². The van der Waals surface area contributed by atoms with E-state index in [1.54, 1.807) is 0 Å². The molecule has 19 heavy (non-hydrogen) atoms. The monoisotopic (exact) mass is 259 g/mol. The summed E-state index contributed by atoms with van der Waals surface area (Å²) in [5, 5.41) is 0. The van der Waals surface area contributed by atoms with Crippen LogP contribution in [0.4, 0.5) is 0 Å². The Labute approximate surface area is 116 Å². The predicted octanol–water partition coefficient (Wildman–Crippen LogP) is 3.43. The van der Waals surface area contributed by atoms with Crippen molar-refractivity contribution in [3.63, 3.8) is 0 Å². The van der Waals surface area contributed by atoms with Crippen LogP contribution in [0.5, 0.6) is 5.75 Å². The molecule has 2 nitrogen and oxygen atoms in total. The van der Waals surface area contributed by atoms with Crippen LogP contribution in [-0.4, -0.2) is 31.1 Å². The SMILES string of the molecule is c1cc2c(c(OCCN3CCCC3)c1)CCCCC2. The highest BCUT2D eigenvalue weighted by atomic mass is 16.5. The number of benzene rings is 1. The number of rotatable bonds is 4. The molecule has 0 N–H and O–H groups in total. The lowest BCUT2D eigenvalue weighted by molar-refractivity contribution is 0.236. The molecule has 0 amide bonds. The molecule has 0 radical (unpaired) electrons. The Bertz CT molecular complexity index is 410. The molecule has 104 valence electrons. The van der Waals surface area contributed by atoms with Crippen LogP contribution >= 0.6 is 0 Å². The molecule has 0 aromatic heterocycles. The van der Waals surface area contributed by atoms with Gasteiger partial charge in [0, 0.05) is 6.54 Å². The first kappa shape index (κ1) is 13.0. The minimum absolute atomic E-state index is 0.844. The fraction of sp³-hybridized carbons (Fsp3) is 0.647. The molecule has 0 unspecified atom stereocenters. The van der Waals surface area contributed by atoms with Gasteiger partial charge in [-0.15, -0.1) is 0 Å². The van der Waals surface area contributed by atoms with Crippen molar-refractivity contribution >= 4 is 0 Å². The Morgan fingerprint density at radius 2 is 1.79 bits per heavy atom. The molecule has 1 fully saturated rings. The lowest BCUT2D eigenvalue weighted by atomic mass is 10.0. The fourth-order valence-corrected chi connectivity index (χ4v) is 3.35. The third-order valence-corrected chi connectivity index (χ3v) is 4.47. The third kappa shape index (κ3) is 3.30. The number of ether oxygens (including phenoxy) is 1. The van der Waals surface area contributed by atoms with E-state index in [1.165, 1.54) is 69.2 Å². The smallest absolute Gasteiger partial charge is 0.122 e. The molecule has 1 aliphatic heterocycles. The maximum atomic E-state index is 6.08. The molecular weight excluding hydrogens is 234 g/mol. The van der Waals surface area contributed by atoms with E-state index in [9.17, 15) is 0 Å². The molecule has 2 heteroatoms. The van der Waals surface area contributed by atoms with Crippen LogP contribution in [0.1, 0.15) is 43.2 Å². The topological polar surface area (TPSA) is 12.5 Å². The predicted molar refractivity (Wildman–Crippen MR) is 78.9 cm³/mol. The Morgan fingerprint density at radius 1 is 0.947 bits per heavy atom. The standard InChI is InChI=1S/C17H25NO/c1-2-7-15-8-6-10-17(16(15)9-3-1)19-14-13-18-11-4-5-12-18/h6,8,10H,1-5,7,9,11-14H2. The van der Waals surface area contributed by atoms with Crippen molar-refractivity contribution < 1.29 is 4.74 Å². The van der Waals surface area contributed by atoms with Crippen molar-refractivity contribution in [3.8, 4) is 5.75 Å². The first-order chi connectivity index (χ1) is 9.43. The lowest BCUT2D eigenvalue weighted by Crippen LogP contribution is -2.25. The fourth-order valence-electron chi connectivity index (χ4n) is 3.35. The van der Waals surface area contributed by atoms with Gasteiger partial charge in [0.1, 0.15) is 12.4 Å². The minimum Gasteiger partial charge on any atom is -0.492 e. The number of nitrogens with zero attached hydrogens (tertiary/aromatic N) is 1. The van der Waals surface area contributed by atoms with Crippen LogP contribution < -0.4 is 4.74 Å². The largest absolute Gasteiger partial charge is 0.492 e. The second kappa shape index (κ2) is 6.42. The average molecular weight is 259 g/mol. The summed E-state index contributed by atoms with van der Waals surface area (Å²) in [7, 11) is 0. The zero-order chi connectivity index (χ0) is 12.9. The highest BCUT2D eigenvalue weighted by Gasteiger charge is 2.14. The van der Waals surface area contributed by atoms with E-state index >= 15 is 0 Å². The average Bonchev–Trinajstić information content (AvgIpc) is 2.82. The molecule has 0 bridgehead atoms. The summed E-state index contributed by atoms with van der Waals surface area (Å²) in [6.07, 6.45) is 9.18. The van der Waals surface area contributed by atoms with Gasteiger partial charge in [-0.2, -0.15) is 0 Å². The van der Waals surface area contributed by atoms with Crippen molar-refractivity contribution in [3.05, 3.63) is 29.3 Å². The van der Waals surface area contributed by atoms with Gasteiger partial charge < -0.3 is 4.74 Å². The van der Waals surface area contributed by atoms with Crippen molar-refractivity contribution in [1.82, 2.24) is 4.90 Å². The molecule has 0 atom stereocenters. The van der Waals surface area contributed by atoms with Gasteiger partial charge in [0.25, 0.3) is 0 Å². The molecule has 0 spiro atoms. The van der Waals surface area contributed by atoms with Crippen molar-refractivity contribution in [2.24, 2.45) is 0 Å². The van der Waals surface area contributed by atoms with Crippen molar-refractivity contribution in [1.29, 1.82) is 0 Å². The second-order valence-electron chi connectivity index (χ2n) is 5.85. The molecule has 1 heterocycles. The highest BCUT2D eigenvalue weighted by molar-refractivity contribution is 5.41. The van der Waals surface area contributed by atoms with E-state index in [1.807, 2.05) is 0 Å². The molecule has 3 rings (SSSR count). The lowest BCUT2D eigenvalue weighted by Gasteiger charge is -2.17. The maximum absolute atomic E-state index is 6.08. The summed E-state index contributed by atoms with van der Waals surface area (Å²) in [6.45, 7) is 4.45. The third-order valence-electron chi connectivity index (χ3n) is 4.47. The van der Waals surface area contributed by atoms with Crippen LogP contribution in [0.15, 0.2) is 18.2 Å². The molecule has 1 aromatic rings. The Morgan fingerprint density at radius 3 is 2.68 bits per heavy atom. The van der Waals surface area contributed by atoms with E-state index < -0.39 is 0 Å². The summed E-state index contributed by atoms with van der Waals surface area (Å²) in [4.78, 5) is 2.52. The van der Waals surface area contributed by atoms with Crippen LogP contribution in [0, 0.1) is 0 Å². The number of likely N-dealkylation sites (tertiary alicyclic amines) is 1. The number of aryl methyl sites for hydroxylation is 1. The number of hydrogen-bond acceptors (Lipinski definition) is 2. The highest BCUT2D eigenvalue weighted by Crippen LogP contribution is 2.28. The van der Waals surface area contributed by atoms with Crippen LogP contribution in [0.25, 0.3) is 0 Å². The van der Waals surface area contributed by atoms with E-state index in [4.69, 9.17) is 4.74 Å². The van der Waals surface area contributed by atoms with Gasteiger partial charge in [-0.05, 0) is 68.8 Å². The van der Waals surface area contributed by atoms with Gasteiger partial charge in [0.2, 0.25) is 0 Å². The Balaban J connectivity index is 1.60. The summed E-state index contributed by atoms with van der Waals surface area (Å²) >= 11 is 0. The number of fused-ring (bicyclic) bond motifs is 1. The van der Waals surface area contributed by atoms with E-state index in [2.05, 4.69) is 23.1 Å². The van der Waals surface area contributed by atoms with Crippen molar-refractivity contribution in [2.75, 3.05) is 26.2 Å². The summed E-state index contributed by atoms with van der Waals surface area (Å²) < 4.78 is 6.08. The first-order valence-corrected chi connectivity index (χ1v) is 7.89. The second-order valence-corrected chi connectivity index (χ2v) is 5.85. The number of hydrogen-bond donors (Lipinski definition) is 0. The molecule has 1 aromatic carbocycles. The zero-order valence-corrected chi connectivity index (χ0v) is 11.9. The summed E-state index contributed by atoms with van der Waals surface area (Å²) in [5.74, 6) is 1.15. The van der Waals surface area contributed by atoms with Gasteiger partial charge in [-0.3, -0.25) is 4.90 Å². The molecular formula is C17H25NO. The van der Waals surface area contributed by atoms with Gasteiger partial charge in [0.15, 0.2) is 0 Å². The Kier molecular flexibility index (Phi) is 4.39. The van der Waals surface area contributed by atoms with E-state index in [0.29, 0.717) is 0 Å². The zero-order valence-electron chi connectivity index (χ0n) is 11.9. The van der Waals surface area contributed by atoms with E-state index in [0.717, 1.165) is 18.9 Å². The van der Waals surface area contributed by atoms with Gasteiger partial charge >= 0.3 is 0 Å². The molecule has 0 saturated carbocycles. The quantitative estimate of drug-likeness (QED) is 0.768. The normalized spacial score (nSPS) is 20.0. The first-order valence-electron chi connectivity index (χ1n) is 7.89. The van der Waals surface area contributed by atoms with Crippen LogP contribution in [0.2, 0.25) is 0 Å². The summed E-state index contributed by atoms with van der Waals surface area (Å²) in [5.41, 5.74) is 3.01. The van der Waals surface area contributed by atoms with E-state index in [-0.39, 0.29) is 0 Å². The molecule has 1 aliphatic carbocycles. The van der Waals surface area contributed by atoms with Crippen LogP contribution in [0.3, 0.4) is 0 Å². The maximum Gasteiger partial charge on any atom is 0.122 e. The summed E-state index contributed by atoms with van der Waals surface area (Å²) in [6, 6.07) is 6.61. The minimum atomic E-state index is 0.844. The molecule has 1 saturated heterocycles.